The number of aryl methyl sites for hydroxylation is 2. The summed E-state index contributed by atoms with van der Waals surface area (Å²) in [4.78, 5) is 11.8. The molecule has 23 heavy (non-hydrogen) atoms. The lowest BCUT2D eigenvalue weighted by Gasteiger charge is -2.07. The van der Waals surface area contributed by atoms with Crippen LogP contribution >= 0.6 is 11.8 Å². The first-order valence-corrected chi connectivity index (χ1v) is 8.94. The van der Waals surface area contributed by atoms with Crippen LogP contribution in [0.25, 0.3) is 0 Å². The molecule has 2 aromatic rings. The van der Waals surface area contributed by atoms with Gasteiger partial charge >= 0.3 is 0 Å². The van der Waals surface area contributed by atoms with Crippen LogP contribution < -0.4 is 5.32 Å². The fourth-order valence-corrected chi connectivity index (χ4v) is 3.15. The molecule has 1 N–H and O–H groups in total. The normalized spacial score (nSPS) is 10.5. The van der Waals surface area contributed by atoms with E-state index < -0.39 is 0 Å². The van der Waals surface area contributed by atoms with Crippen molar-refractivity contribution in [2.75, 3.05) is 12.3 Å². The van der Waals surface area contributed by atoms with Crippen LogP contribution in [0.3, 0.4) is 0 Å². The standard InChI is InChI=1S/C19H22FNOS/c1-15-4-2-3-5-17(15)14-23-13-12-21-19(22)11-8-16-6-9-18(20)10-7-16/h2-7,9-10H,8,11-14H2,1H3,(H,21,22). The molecule has 0 bridgehead atoms. The summed E-state index contributed by atoms with van der Waals surface area (Å²) in [5, 5.41) is 2.93. The number of halogens is 1. The van der Waals surface area contributed by atoms with Crippen LogP contribution in [0, 0.1) is 12.7 Å². The number of thioether (sulfide) groups is 1. The van der Waals surface area contributed by atoms with Crippen LogP contribution in [0.5, 0.6) is 0 Å². The number of rotatable bonds is 8. The average Bonchev–Trinajstić information content (AvgIpc) is 2.55. The van der Waals surface area contributed by atoms with E-state index in [0.717, 1.165) is 17.1 Å². The largest absolute Gasteiger partial charge is 0.355 e. The smallest absolute Gasteiger partial charge is 0.220 e. The topological polar surface area (TPSA) is 29.1 Å². The van der Waals surface area contributed by atoms with Crippen molar-refractivity contribution in [3.8, 4) is 0 Å². The Morgan fingerprint density at radius 1 is 1.13 bits per heavy atom. The highest BCUT2D eigenvalue weighted by atomic mass is 32.2. The summed E-state index contributed by atoms with van der Waals surface area (Å²) in [5.41, 5.74) is 3.64. The fourth-order valence-electron chi connectivity index (χ4n) is 2.21. The monoisotopic (exact) mass is 331 g/mol. The molecule has 0 radical (unpaired) electrons. The highest BCUT2D eigenvalue weighted by molar-refractivity contribution is 7.98. The van der Waals surface area contributed by atoms with E-state index in [1.807, 2.05) is 17.8 Å². The zero-order chi connectivity index (χ0) is 16.5. The minimum absolute atomic E-state index is 0.0471. The van der Waals surface area contributed by atoms with E-state index in [9.17, 15) is 9.18 Å². The Morgan fingerprint density at radius 3 is 2.61 bits per heavy atom. The SMILES string of the molecule is Cc1ccccc1CSCCNC(=O)CCc1ccc(F)cc1. The van der Waals surface area contributed by atoms with Gasteiger partial charge < -0.3 is 5.32 Å². The molecule has 4 heteroatoms. The van der Waals surface area contributed by atoms with Crippen LogP contribution in [0.15, 0.2) is 48.5 Å². The number of hydrogen-bond donors (Lipinski definition) is 1. The van der Waals surface area contributed by atoms with Crippen LogP contribution in [-0.4, -0.2) is 18.2 Å². The third-order valence-electron chi connectivity index (χ3n) is 3.64. The molecule has 122 valence electrons. The van der Waals surface area contributed by atoms with Gasteiger partial charge in [-0.25, -0.2) is 4.39 Å². The summed E-state index contributed by atoms with van der Waals surface area (Å²) in [7, 11) is 0. The number of carbonyl (C=O) groups excluding carboxylic acids is 1. The summed E-state index contributed by atoms with van der Waals surface area (Å²) in [5.74, 6) is 1.67. The van der Waals surface area contributed by atoms with Gasteiger partial charge in [0.25, 0.3) is 0 Å². The van der Waals surface area contributed by atoms with Gasteiger partial charge in [0.2, 0.25) is 5.91 Å². The zero-order valence-electron chi connectivity index (χ0n) is 13.3. The molecular formula is C19H22FNOS. The number of benzene rings is 2. The molecule has 0 atom stereocenters. The first-order valence-electron chi connectivity index (χ1n) is 7.78. The lowest BCUT2D eigenvalue weighted by molar-refractivity contribution is -0.120. The van der Waals surface area contributed by atoms with Gasteiger partial charge in [0, 0.05) is 24.5 Å². The predicted molar refractivity (Wildman–Crippen MR) is 95.1 cm³/mol. The number of carbonyl (C=O) groups is 1. The molecule has 2 nitrogen and oxygen atoms in total. The van der Waals surface area contributed by atoms with Gasteiger partial charge in [-0.05, 0) is 42.2 Å². The van der Waals surface area contributed by atoms with Crippen molar-refractivity contribution in [3.63, 3.8) is 0 Å². The second-order valence-corrected chi connectivity index (χ2v) is 6.56. The molecule has 0 aliphatic heterocycles. The summed E-state index contributed by atoms with van der Waals surface area (Å²) < 4.78 is 12.8. The van der Waals surface area contributed by atoms with Gasteiger partial charge in [-0.3, -0.25) is 4.79 Å². The zero-order valence-corrected chi connectivity index (χ0v) is 14.2. The molecule has 0 aromatic heterocycles. The Balaban J connectivity index is 1.58. The second kappa shape index (κ2) is 9.36. The minimum Gasteiger partial charge on any atom is -0.355 e. The molecule has 0 saturated carbocycles. The third kappa shape index (κ3) is 6.45. The molecular weight excluding hydrogens is 309 g/mol. The van der Waals surface area contributed by atoms with E-state index in [4.69, 9.17) is 0 Å². The van der Waals surface area contributed by atoms with Gasteiger partial charge in [-0.1, -0.05) is 36.4 Å². The highest BCUT2D eigenvalue weighted by Gasteiger charge is 2.03. The van der Waals surface area contributed by atoms with Crippen molar-refractivity contribution >= 4 is 17.7 Å². The van der Waals surface area contributed by atoms with Crippen molar-refractivity contribution < 1.29 is 9.18 Å². The Kier molecular flexibility index (Phi) is 7.14. The summed E-state index contributed by atoms with van der Waals surface area (Å²) in [6, 6.07) is 14.7. The quantitative estimate of drug-likeness (QED) is 0.737. The molecule has 0 fully saturated rings. The van der Waals surface area contributed by atoms with Crippen molar-refractivity contribution in [2.24, 2.45) is 0 Å². The lowest BCUT2D eigenvalue weighted by Crippen LogP contribution is -2.25. The van der Waals surface area contributed by atoms with Crippen molar-refractivity contribution in [3.05, 3.63) is 71.0 Å². The number of amides is 1. The van der Waals surface area contributed by atoms with E-state index in [1.165, 1.54) is 23.3 Å². The van der Waals surface area contributed by atoms with Crippen molar-refractivity contribution in [1.29, 1.82) is 0 Å². The number of nitrogens with one attached hydrogen (secondary N) is 1. The maximum absolute atomic E-state index is 12.8. The van der Waals surface area contributed by atoms with Crippen LogP contribution in [0.2, 0.25) is 0 Å². The number of hydrogen-bond acceptors (Lipinski definition) is 2. The lowest BCUT2D eigenvalue weighted by atomic mass is 10.1. The third-order valence-corrected chi connectivity index (χ3v) is 4.65. The maximum atomic E-state index is 12.8. The molecule has 0 aliphatic rings. The van der Waals surface area contributed by atoms with Crippen molar-refractivity contribution in [1.82, 2.24) is 5.32 Å². The van der Waals surface area contributed by atoms with Gasteiger partial charge in [0.1, 0.15) is 5.82 Å². The Bertz CT molecular complexity index is 628. The average molecular weight is 331 g/mol. The molecule has 0 saturated heterocycles. The fraction of sp³-hybridized carbons (Fsp3) is 0.316. The van der Waals surface area contributed by atoms with E-state index in [2.05, 4.69) is 30.4 Å². The van der Waals surface area contributed by atoms with E-state index in [1.54, 1.807) is 12.1 Å². The Morgan fingerprint density at radius 2 is 1.87 bits per heavy atom. The summed E-state index contributed by atoms with van der Waals surface area (Å²) in [6.45, 7) is 2.80. The molecule has 2 rings (SSSR count). The van der Waals surface area contributed by atoms with Gasteiger partial charge in [0.05, 0.1) is 0 Å². The molecule has 1 amide bonds. The molecule has 0 spiro atoms. The van der Waals surface area contributed by atoms with Crippen molar-refractivity contribution in [2.45, 2.75) is 25.5 Å². The second-order valence-electron chi connectivity index (χ2n) is 5.46. The predicted octanol–water partition coefficient (Wildman–Crippen LogP) is 4.12. The molecule has 0 unspecified atom stereocenters. The van der Waals surface area contributed by atoms with Gasteiger partial charge in [-0.15, -0.1) is 0 Å². The summed E-state index contributed by atoms with van der Waals surface area (Å²) in [6.07, 6.45) is 1.08. The highest BCUT2D eigenvalue weighted by Crippen LogP contribution is 2.15. The van der Waals surface area contributed by atoms with Gasteiger partial charge in [0.15, 0.2) is 0 Å². The van der Waals surface area contributed by atoms with E-state index in [-0.39, 0.29) is 11.7 Å². The Labute approximate surface area is 141 Å². The van der Waals surface area contributed by atoms with E-state index in [0.29, 0.717) is 19.4 Å². The van der Waals surface area contributed by atoms with Crippen LogP contribution in [0.4, 0.5) is 4.39 Å². The Hall–Kier alpha value is -1.81. The van der Waals surface area contributed by atoms with E-state index >= 15 is 0 Å². The summed E-state index contributed by atoms with van der Waals surface area (Å²) >= 11 is 1.82. The first-order chi connectivity index (χ1) is 11.1. The molecule has 0 heterocycles. The molecule has 0 aliphatic carbocycles. The molecule has 2 aromatic carbocycles. The van der Waals surface area contributed by atoms with Crippen LogP contribution in [0.1, 0.15) is 23.1 Å². The maximum Gasteiger partial charge on any atom is 0.220 e. The first kappa shape index (κ1) is 17.5. The van der Waals surface area contributed by atoms with Gasteiger partial charge in [-0.2, -0.15) is 11.8 Å². The van der Waals surface area contributed by atoms with Crippen LogP contribution in [-0.2, 0) is 17.0 Å². The minimum atomic E-state index is -0.246.